The van der Waals surface area contributed by atoms with Crippen LogP contribution in [-0.2, 0) is 42.8 Å². The van der Waals surface area contributed by atoms with Gasteiger partial charge in [-0.05, 0) is 25.7 Å². The fraction of sp³-hybridized carbons (Fsp3) is 0.897. The average Bonchev–Trinajstić information content (AvgIpc) is 3.01. The van der Waals surface area contributed by atoms with Crippen LogP contribution in [0.25, 0.3) is 0 Å². The maximum Gasteiger partial charge on any atom is 0.334 e. The normalized spacial score (nSPS) is 46.4. The van der Waals surface area contributed by atoms with Gasteiger partial charge in [0.2, 0.25) is 0 Å². The molecule has 0 bridgehead atoms. The van der Waals surface area contributed by atoms with Gasteiger partial charge in [-0.3, -0.25) is 9.59 Å². The minimum atomic E-state index is -1.76. The maximum atomic E-state index is 12.7. The lowest BCUT2D eigenvalue weighted by atomic mass is 9.64. The van der Waals surface area contributed by atoms with Crippen molar-refractivity contribution in [1.29, 1.82) is 0 Å². The fourth-order valence-electron chi connectivity index (χ4n) is 7.72. The van der Waals surface area contributed by atoms with Crippen molar-refractivity contribution in [2.24, 2.45) is 17.8 Å². The first-order valence-corrected chi connectivity index (χ1v) is 15.5. The zero-order valence-electron chi connectivity index (χ0n) is 25.2. The highest BCUT2D eigenvalue weighted by molar-refractivity contribution is 5.91. The number of carbonyl (C=O) groups excluding carboxylic acids is 3. The molecule has 0 aromatic carbocycles. The lowest BCUT2D eigenvalue weighted by molar-refractivity contribution is -0.379. The molecule has 16 heteroatoms. The molecule has 11 unspecified atom stereocenters. The second-order valence-corrected chi connectivity index (χ2v) is 12.8. The van der Waals surface area contributed by atoms with Crippen LogP contribution in [0.1, 0.15) is 44.9 Å². The van der Waals surface area contributed by atoms with Gasteiger partial charge in [-0.2, -0.15) is 0 Å². The van der Waals surface area contributed by atoms with Crippen LogP contribution in [0, 0.1) is 17.8 Å². The highest BCUT2D eigenvalue weighted by Crippen LogP contribution is 2.50. The van der Waals surface area contributed by atoms with Crippen LogP contribution >= 0.6 is 0 Å². The Labute approximate surface area is 259 Å². The third-order valence-corrected chi connectivity index (χ3v) is 9.99. The van der Waals surface area contributed by atoms with Crippen LogP contribution in [0.5, 0.6) is 0 Å². The highest BCUT2D eigenvalue weighted by atomic mass is 16.7. The predicted molar refractivity (Wildman–Crippen MR) is 146 cm³/mol. The number of ether oxygens (including phenoxy) is 7. The quantitative estimate of drug-likeness (QED) is 0.0657. The summed E-state index contributed by atoms with van der Waals surface area (Å²) >= 11 is 0. The molecule has 0 spiro atoms. The first-order valence-electron chi connectivity index (χ1n) is 15.5. The molecule has 3 aliphatic heterocycles. The average molecular weight is 650 g/mol. The number of rotatable bonds is 8. The molecule has 7 N–H and O–H groups in total. The number of carbonyl (C=O) groups is 3. The maximum absolute atomic E-state index is 12.7. The van der Waals surface area contributed by atoms with Crippen molar-refractivity contribution in [2.45, 2.75) is 124 Å². The number of aliphatic hydroxyl groups excluding tert-OH is 6. The van der Waals surface area contributed by atoms with Gasteiger partial charge in [0, 0.05) is 24.7 Å². The summed E-state index contributed by atoms with van der Waals surface area (Å²) in [6, 6.07) is 0. The number of hydrogen-bond donors (Lipinski definition) is 6. The van der Waals surface area contributed by atoms with Gasteiger partial charge in [0.05, 0.1) is 44.6 Å². The van der Waals surface area contributed by atoms with E-state index in [1.54, 1.807) is 0 Å². The highest BCUT2D eigenvalue weighted by Gasteiger charge is 2.62. The molecule has 256 valence electrons. The van der Waals surface area contributed by atoms with Gasteiger partial charge >= 0.3 is 17.9 Å². The first-order chi connectivity index (χ1) is 21.4. The Balaban J connectivity index is 1.41. The van der Waals surface area contributed by atoms with Gasteiger partial charge in [0.1, 0.15) is 43.5 Å². The number of hydrogen-bond acceptors (Lipinski definition) is 15. The monoisotopic (exact) mass is 649 g/mol. The van der Waals surface area contributed by atoms with E-state index >= 15 is 0 Å². The van der Waals surface area contributed by atoms with Gasteiger partial charge < -0.3 is 63.8 Å². The summed E-state index contributed by atoms with van der Waals surface area (Å²) in [4.78, 5) is 36.1. The van der Waals surface area contributed by atoms with Crippen LogP contribution in [0.2, 0.25) is 0 Å². The Kier molecular flexibility index (Phi) is 11.0. The summed E-state index contributed by atoms with van der Waals surface area (Å²) in [5, 5.41) is 63.7. The third kappa shape index (κ3) is 7.30. The minimum absolute atomic E-state index is 0.164. The van der Waals surface area contributed by atoms with E-state index in [9.17, 15) is 45.0 Å². The molecule has 0 aromatic rings. The number of esters is 3. The predicted octanol–water partition coefficient (Wildman–Crippen LogP) is -3.20. The molecule has 0 radical (unpaired) electrons. The van der Waals surface area contributed by atoms with Gasteiger partial charge in [0.15, 0.2) is 24.6 Å². The van der Waals surface area contributed by atoms with Crippen molar-refractivity contribution in [2.75, 3.05) is 20.8 Å². The molecular weight excluding hydrogens is 604 g/mol. The van der Waals surface area contributed by atoms with Crippen LogP contribution in [0.3, 0.4) is 0 Å². The lowest BCUT2D eigenvalue weighted by Crippen LogP contribution is -2.68. The molecule has 16 nitrogen and oxygen atoms in total. The van der Waals surface area contributed by atoms with Crippen molar-refractivity contribution >= 4 is 17.9 Å². The molecule has 45 heavy (non-hydrogen) atoms. The summed E-state index contributed by atoms with van der Waals surface area (Å²) in [5.41, 5.74) is 0. The molecule has 5 fully saturated rings. The molecular formula is C29H45O16+. The van der Waals surface area contributed by atoms with E-state index < -0.39 is 110 Å². The van der Waals surface area contributed by atoms with Crippen molar-refractivity contribution in [1.82, 2.24) is 0 Å². The van der Waals surface area contributed by atoms with Crippen molar-refractivity contribution in [3.63, 3.8) is 0 Å². The van der Waals surface area contributed by atoms with Gasteiger partial charge in [0.25, 0.3) is 0 Å². The molecule has 5 aliphatic rings. The van der Waals surface area contributed by atoms with E-state index in [0.29, 0.717) is 19.3 Å². The Hall–Kier alpha value is -1.99. The van der Waals surface area contributed by atoms with Gasteiger partial charge in [-0.15, -0.1) is 0 Å². The van der Waals surface area contributed by atoms with Crippen LogP contribution in [0.15, 0.2) is 0 Å². The van der Waals surface area contributed by atoms with E-state index in [4.69, 9.17) is 28.4 Å². The minimum Gasteiger partial charge on any atom is -0.469 e. The van der Waals surface area contributed by atoms with Gasteiger partial charge in [-0.1, -0.05) is 0 Å². The SMILES string of the molecule is COC(=O)CC(=O)OC[C@H]1O[C@@H](OC2C3CC(C(=O)OC)OC4CC(O)CC([OH+]C2C2CCC(O)C(O)C2)C43)[C@H](O)[C@@H](O)[C@@H]1O. The second kappa shape index (κ2) is 14.4. The summed E-state index contributed by atoms with van der Waals surface area (Å²) in [6.45, 7) is -0.571. The molecule has 16 atom stereocenters. The summed E-state index contributed by atoms with van der Waals surface area (Å²) in [5.74, 6) is -3.36. The Morgan fingerprint density at radius 1 is 0.822 bits per heavy atom. The van der Waals surface area contributed by atoms with Gasteiger partial charge in [-0.25, -0.2) is 4.79 Å². The van der Waals surface area contributed by atoms with Crippen molar-refractivity contribution < 1.29 is 78.2 Å². The van der Waals surface area contributed by atoms with Crippen molar-refractivity contribution in [3.8, 4) is 0 Å². The molecule has 0 aromatic heterocycles. The Bertz CT molecular complexity index is 1060. The zero-order chi connectivity index (χ0) is 32.6. The number of aliphatic hydroxyl groups is 8. The Morgan fingerprint density at radius 3 is 2.27 bits per heavy atom. The van der Waals surface area contributed by atoms with Crippen LogP contribution < -0.4 is 0 Å². The summed E-state index contributed by atoms with van der Waals surface area (Å²) < 4.78 is 38.0. The lowest BCUT2D eigenvalue weighted by Gasteiger charge is -2.55. The summed E-state index contributed by atoms with van der Waals surface area (Å²) in [6.07, 6.45) is -12.9. The fourth-order valence-corrected chi connectivity index (χ4v) is 7.72. The van der Waals surface area contributed by atoms with Crippen molar-refractivity contribution in [3.05, 3.63) is 0 Å². The van der Waals surface area contributed by atoms with E-state index in [1.165, 1.54) is 7.11 Å². The van der Waals surface area contributed by atoms with E-state index in [0.717, 1.165) is 7.11 Å². The molecule has 2 aliphatic carbocycles. The van der Waals surface area contributed by atoms with E-state index in [-0.39, 0.29) is 37.2 Å². The third-order valence-electron chi connectivity index (χ3n) is 9.99. The van der Waals surface area contributed by atoms with Crippen LogP contribution in [0.4, 0.5) is 0 Å². The second-order valence-electron chi connectivity index (χ2n) is 12.8. The topological polar surface area (TPSA) is 241 Å². The molecule has 0 amide bonds. The molecule has 3 saturated heterocycles. The largest absolute Gasteiger partial charge is 0.469 e. The summed E-state index contributed by atoms with van der Waals surface area (Å²) in [7, 11) is 2.35. The molecule has 5 rings (SSSR count). The first kappa shape index (κ1) is 34.3. The standard InChI is InChI=1S/C29H44O16/c1-39-20(33)9-21(34)41-10-19-23(35)24(36)25(37)29(44-19)45-27-13-8-18(28(38)40-2)42-16-6-12(30)7-17(22(13)16)43-26(27)11-3-4-14(31)15(32)5-11/h11-19,22-27,29-32,35-37H,3-10H2,1-2H3/p+1/t11?,12?,13?,14?,15?,16?,17?,18?,19-,22?,23-,24+,25-,26?,27?,29+/m1/s1. The molecule has 3 heterocycles. The van der Waals surface area contributed by atoms with E-state index in [2.05, 4.69) is 4.74 Å². The number of methoxy groups -OCH3 is 2. The molecule has 2 saturated carbocycles. The van der Waals surface area contributed by atoms with Crippen LogP contribution in [-0.4, -0.2) is 154 Å². The Morgan fingerprint density at radius 2 is 1.58 bits per heavy atom. The van der Waals surface area contributed by atoms with E-state index in [1.807, 2.05) is 0 Å². The smallest absolute Gasteiger partial charge is 0.334 e. The zero-order valence-corrected chi connectivity index (χ0v) is 25.2.